The molecule has 3 N–H and O–H groups in total. The smallest absolute Gasteiger partial charge is 0.255 e. The van der Waals surface area contributed by atoms with Crippen LogP contribution in [-0.2, 0) is 0 Å². The van der Waals surface area contributed by atoms with E-state index in [9.17, 15) is 9.59 Å². The van der Waals surface area contributed by atoms with E-state index in [1.54, 1.807) is 4.90 Å². The molecule has 1 unspecified atom stereocenters. The maximum atomic E-state index is 11.9. The van der Waals surface area contributed by atoms with Crippen molar-refractivity contribution in [2.45, 2.75) is 12.5 Å². The van der Waals surface area contributed by atoms with Gasteiger partial charge in [0.25, 0.3) is 5.91 Å². The highest BCUT2D eigenvalue weighted by molar-refractivity contribution is 5.94. The van der Waals surface area contributed by atoms with Crippen molar-refractivity contribution in [2.75, 3.05) is 13.1 Å². The lowest BCUT2D eigenvalue weighted by Crippen LogP contribution is -2.32. The molecule has 0 aromatic carbocycles. The van der Waals surface area contributed by atoms with Crippen molar-refractivity contribution in [2.24, 2.45) is 5.73 Å². The van der Waals surface area contributed by atoms with Crippen LogP contribution in [0.25, 0.3) is 0 Å². The first kappa shape index (κ1) is 9.92. The minimum atomic E-state index is -0.204. The zero-order valence-electron chi connectivity index (χ0n) is 8.27. The predicted molar refractivity (Wildman–Crippen MR) is 55.6 cm³/mol. The summed E-state index contributed by atoms with van der Waals surface area (Å²) in [4.78, 5) is 26.9. The molecule has 80 valence electrons. The van der Waals surface area contributed by atoms with E-state index in [-0.39, 0.29) is 17.5 Å². The fraction of sp³-hybridized carbons (Fsp3) is 0.400. The Morgan fingerprint density at radius 3 is 2.87 bits per heavy atom. The molecule has 1 fully saturated rings. The molecule has 0 radical (unpaired) electrons. The molecule has 15 heavy (non-hydrogen) atoms. The van der Waals surface area contributed by atoms with E-state index in [2.05, 4.69) is 4.98 Å². The van der Waals surface area contributed by atoms with Gasteiger partial charge in [-0.2, -0.15) is 0 Å². The number of aromatic amines is 1. The molecule has 1 amide bonds. The van der Waals surface area contributed by atoms with Crippen LogP contribution in [0.2, 0.25) is 0 Å². The highest BCUT2D eigenvalue weighted by atomic mass is 16.2. The third-order valence-electron chi connectivity index (χ3n) is 2.54. The van der Waals surface area contributed by atoms with Crippen LogP contribution in [0.3, 0.4) is 0 Å². The second-order valence-corrected chi connectivity index (χ2v) is 3.74. The Kier molecular flexibility index (Phi) is 2.55. The number of hydrogen-bond acceptors (Lipinski definition) is 3. The first-order valence-corrected chi connectivity index (χ1v) is 4.90. The van der Waals surface area contributed by atoms with Gasteiger partial charge in [-0.1, -0.05) is 0 Å². The minimum absolute atomic E-state index is 0.0702. The van der Waals surface area contributed by atoms with Crippen LogP contribution in [0.4, 0.5) is 0 Å². The van der Waals surface area contributed by atoms with Crippen LogP contribution in [0.15, 0.2) is 23.1 Å². The van der Waals surface area contributed by atoms with Gasteiger partial charge >= 0.3 is 0 Å². The Hall–Kier alpha value is -1.62. The van der Waals surface area contributed by atoms with Crippen molar-refractivity contribution in [1.29, 1.82) is 0 Å². The van der Waals surface area contributed by atoms with Crippen LogP contribution >= 0.6 is 0 Å². The number of hydrogen-bond donors (Lipinski definition) is 2. The normalized spacial score (nSPS) is 20.6. The monoisotopic (exact) mass is 207 g/mol. The lowest BCUT2D eigenvalue weighted by Gasteiger charge is -2.15. The van der Waals surface area contributed by atoms with E-state index in [0.717, 1.165) is 6.42 Å². The Bertz CT molecular complexity index is 406. The van der Waals surface area contributed by atoms with Gasteiger partial charge < -0.3 is 15.6 Å². The average molecular weight is 207 g/mol. The molecule has 0 aliphatic carbocycles. The molecule has 0 bridgehead atoms. The summed E-state index contributed by atoms with van der Waals surface area (Å²) in [6.45, 7) is 1.29. The molecule has 1 saturated heterocycles. The van der Waals surface area contributed by atoms with Gasteiger partial charge in [0, 0.05) is 31.4 Å². The van der Waals surface area contributed by atoms with Crippen molar-refractivity contribution >= 4 is 5.91 Å². The SMILES string of the molecule is NC1CCN(C(=O)c2ccc(=O)[nH]c2)C1. The molecule has 0 saturated carbocycles. The molecule has 1 aromatic heterocycles. The van der Waals surface area contributed by atoms with Crippen molar-refractivity contribution in [3.63, 3.8) is 0 Å². The number of nitrogens with two attached hydrogens (primary N) is 1. The van der Waals surface area contributed by atoms with Crippen LogP contribution in [0.5, 0.6) is 0 Å². The van der Waals surface area contributed by atoms with E-state index in [1.807, 2.05) is 0 Å². The lowest BCUT2D eigenvalue weighted by molar-refractivity contribution is 0.0790. The molecule has 5 heteroatoms. The Balaban J connectivity index is 2.14. The molecule has 1 atom stereocenters. The number of pyridine rings is 1. The maximum Gasteiger partial charge on any atom is 0.255 e. The summed E-state index contributed by atoms with van der Waals surface area (Å²) in [5.74, 6) is -0.0702. The van der Waals surface area contributed by atoms with E-state index in [4.69, 9.17) is 5.73 Å². The Labute approximate surface area is 86.9 Å². The predicted octanol–water partition coefficient (Wildman–Crippen LogP) is -0.452. The van der Waals surface area contributed by atoms with E-state index >= 15 is 0 Å². The van der Waals surface area contributed by atoms with Crippen molar-refractivity contribution in [3.05, 3.63) is 34.2 Å². The van der Waals surface area contributed by atoms with Crippen LogP contribution < -0.4 is 11.3 Å². The van der Waals surface area contributed by atoms with E-state index < -0.39 is 0 Å². The number of H-pyrrole nitrogens is 1. The van der Waals surface area contributed by atoms with Gasteiger partial charge in [0.05, 0.1) is 5.56 Å². The molecule has 1 aliphatic heterocycles. The molecular formula is C10H13N3O2. The van der Waals surface area contributed by atoms with Gasteiger partial charge in [-0.3, -0.25) is 9.59 Å². The highest BCUT2D eigenvalue weighted by Gasteiger charge is 2.24. The van der Waals surface area contributed by atoms with Gasteiger partial charge in [-0.25, -0.2) is 0 Å². The number of amides is 1. The first-order chi connectivity index (χ1) is 7.16. The number of carbonyl (C=O) groups excluding carboxylic acids is 1. The van der Waals surface area contributed by atoms with Crippen LogP contribution in [-0.4, -0.2) is 34.9 Å². The zero-order valence-corrected chi connectivity index (χ0v) is 8.27. The summed E-state index contributed by atoms with van der Waals surface area (Å²) in [6, 6.07) is 2.96. The summed E-state index contributed by atoms with van der Waals surface area (Å²) < 4.78 is 0. The van der Waals surface area contributed by atoms with Crippen LogP contribution in [0.1, 0.15) is 16.8 Å². The Morgan fingerprint density at radius 1 is 1.53 bits per heavy atom. The largest absolute Gasteiger partial charge is 0.337 e. The van der Waals surface area contributed by atoms with Gasteiger partial charge in [-0.15, -0.1) is 0 Å². The van der Waals surface area contributed by atoms with E-state index in [1.165, 1.54) is 18.3 Å². The molecule has 0 spiro atoms. The van der Waals surface area contributed by atoms with Crippen molar-refractivity contribution in [3.8, 4) is 0 Å². The molecule has 1 aliphatic rings. The molecule has 2 rings (SSSR count). The second kappa shape index (κ2) is 3.86. The summed E-state index contributed by atoms with van der Waals surface area (Å²) in [6.07, 6.45) is 2.28. The highest BCUT2D eigenvalue weighted by Crippen LogP contribution is 2.10. The van der Waals surface area contributed by atoms with Crippen molar-refractivity contribution in [1.82, 2.24) is 9.88 Å². The van der Waals surface area contributed by atoms with Gasteiger partial charge in [0.2, 0.25) is 5.56 Å². The quantitative estimate of drug-likeness (QED) is 0.654. The third kappa shape index (κ3) is 2.07. The summed E-state index contributed by atoms with van der Waals surface area (Å²) in [5.41, 5.74) is 6.01. The standard InChI is InChI=1S/C10H13N3O2/c11-8-3-4-13(6-8)10(15)7-1-2-9(14)12-5-7/h1-2,5,8H,3-4,6,11H2,(H,12,14). The van der Waals surface area contributed by atoms with Gasteiger partial charge in [0.15, 0.2) is 0 Å². The van der Waals surface area contributed by atoms with E-state index in [0.29, 0.717) is 18.7 Å². The number of rotatable bonds is 1. The topological polar surface area (TPSA) is 79.2 Å². The maximum absolute atomic E-state index is 11.9. The number of carbonyl (C=O) groups is 1. The first-order valence-electron chi connectivity index (χ1n) is 4.90. The number of likely N-dealkylation sites (tertiary alicyclic amines) is 1. The summed E-state index contributed by atoms with van der Waals surface area (Å²) in [5, 5.41) is 0. The number of aromatic nitrogens is 1. The lowest BCUT2D eigenvalue weighted by atomic mass is 10.2. The average Bonchev–Trinajstić information content (AvgIpc) is 2.65. The third-order valence-corrected chi connectivity index (χ3v) is 2.54. The fourth-order valence-electron chi connectivity index (χ4n) is 1.70. The summed E-state index contributed by atoms with van der Waals surface area (Å²) >= 11 is 0. The molecule has 5 nitrogen and oxygen atoms in total. The minimum Gasteiger partial charge on any atom is -0.337 e. The molecule has 2 heterocycles. The van der Waals surface area contributed by atoms with Crippen molar-refractivity contribution < 1.29 is 4.79 Å². The number of nitrogens with one attached hydrogen (secondary N) is 1. The zero-order chi connectivity index (χ0) is 10.8. The van der Waals surface area contributed by atoms with Gasteiger partial charge in [0.1, 0.15) is 0 Å². The summed E-state index contributed by atoms with van der Waals surface area (Å²) in [7, 11) is 0. The van der Waals surface area contributed by atoms with Crippen LogP contribution in [0, 0.1) is 0 Å². The second-order valence-electron chi connectivity index (χ2n) is 3.74. The van der Waals surface area contributed by atoms with Gasteiger partial charge in [-0.05, 0) is 12.5 Å². The Morgan fingerprint density at radius 2 is 2.33 bits per heavy atom. The molecule has 1 aromatic rings. The number of nitrogens with zero attached hydrogens (tertiary/aromatic N) is 1. The molecular weight excluding hydrogens is 194 g/mol. The fourth-order valence-corrected chi connectivity index (χ4v) is 1.70.